The van der Waals surface area contributed by atoms with Crippen LogP contribution in [0.3, 0.4) is 0 Å². The Morgan fingerprint density at radius 1 is 1.50 bits per heavy atom. The predicted molar refractivity (Wildman–Crippen MR) is 71.0 cm³/mol. The molecule has 2 aliphatic rings. The fourth-order valence-corrected chi connectivity index (χ4v) is 2.70. The number of benzene rings is 1. The van der Waals surface area contributed by atoms with Crippen LogP contribution in [0.1, 0.15) is 18.9 Å². The van der Waals surface area contributed by atoms with Crippen molar-refractivity contribution in [2.75, 3.05) is 30.0 Å². The minimum atomic E-state index is 0.124. The molecule has 1 amide bonds. The average Bonchev–Trinajstić information content (AvgIpc) is 2.97. The van der Waals surface area contributed by atoms with Gasteiger partial charge in [-0.25, -0.2) is 0 Å². The number of amides is 1. The first-order valence-corrected chi connectivity index (χ1v) is 6.49. The van der Waals surface area contributed by atoms with Crippen molar-refractivity contribution < 1.29 is 9.53 Å². The van der Waals surface area contributed by atoms with E-state index in [2.05, 4.69) is 17.4 Å². The summed E-state index contributed by atoms with van der Waals surface area (Å²) >= 11 is 0. The summed E-state index contributed by atoms with van der Waals surface area (Å²) < 4.78 is 5.36. The van der Waals surface area contributed by atoms with Crippen molar-refractivity contribution >= 4 is 17.3 Å². The van der Waals surface area contributed by atoms with Crippen molar-refractivity contribution in [1.29, 1.82) is 0 Å². The van der Waals surface area contributed by atoms with Gasteiger partial charge >= 0.3 is 0 Å². The lowest BCUT2D eigenvalue weighted by molar-refractivity contribution is -0.116. The molecule has 2 aliphatic heterocycles. The highest BCUT2D eigenvalue weighted by Gasteiger charge is 2.22. The van der Waals surface area contributed by atoms with Gasteiger partial charge in [-0.2, -0.15) is 0 Å². The van der Waals surface area contributed by atoms with Crippen LogP contribution in [0.2, 0.25) is 0 Å². The molecule has 1 fully saturated rings. The van der Waals surface area contributed by atoms with E-state index in [0.29, 0.717) is 6.04 Å². The average molecular weight is 246 g/mol. The third kappa shape index (κ3) is 2.08. The molecular formula is C14H18N2O2. The Morgan fingerprint density at radius 3 is 3.11 bits per heavy atom. The number of nitrogens with one attached hydrogen (secondary N) is 1. The molecule has 1 saturated heterocycles. The second kappa shape index (κ2) is 4.61. The maximum Gasteiger partial charge on any atom is 0.223 e. The van der Waals surface area contributed by atoms with E-state index in [1.165, 1.54) is 5.56 Å². The van der Waals surface area contributed by atoms with E-state index >= 15 is 0 Å². The number of carbonyl (C=O) groups excluding carboxylic acids is 1. The van der Waals surface area contributed by atoms with E-state index in [9.17, 15) is 4.79 Å². The summed E-state index contributed by atoms with van der Waals surface area (Å²) in [6.45, 7) is 4.06. The Hall–Kier alpha value is -1.55. The van der Waals surface area contributed by atoms with E-state index in [4.69, 9.17) is 4.74 Å². The number of hydrogen-bond donors (Lipinski definition) is 1. The third-order valence-corrected chi connectivity index (χ3v) is 3.66. The van der Waals surface area contributed by atoms with Crippen molar-refractivity contribution in [3.05, 3.63) is 23.8 Å². The molecule has 4 nitrogen and oxygen atoms in total. The van der Waals surface area contributed by atoms with Gasteiger partial charge in [-0.3, -0.25) is 4.79 Å². The number of rotatable bonds is 2. The quantitative estimate of drug-likeness (QED) is 0.865. The van der Waals surface area contributed by atoms with Gasteiger partial charge in [0.1, 0.15) is 0 Å². The highest BCUT2D eigenvalue weighted by atomic mass is 16.5. The molecule has 1 unspecified atom stereocenters. The topological polar surface area (TPSA) is 41.6 Å². The molecule has 0 spiro atoms. The van der Waals surface area contributed by atoms with E-state index in [-0.39, 0.29) is 5.91 Å². The summed E-state index contributed by atoms with van der Waals surface area (Å²) in [5.74, 6) is 0.124. The van der Waals surface area contributed by atoms with Crippen molar-refractivity contribution in [3.63, 3.8) is 0 Å². The van der Waals surface area contributed by atoms with Crippen LogP contribution < -0.4 is 10.2 Å². The molecular weight excluding hydrogens is 228 g/mol. The van der Waals surface area contributed by atoms with Gasteiger partial charge in [-0.15, -0.1) is 0 Å². The number of carbonyl (C=O) groups is 1. The Kier molecular flexibility index (Phi) is 2.96. The van der Waals surface area contributed by atoms with Crippen LogP contribution in [0.5, 0.6) is 0 Å². The van der Waals surface area contributed by atoms with Gasteiger partial charge in [0, 0.05) is 31.5 Å². The molecule has 18 heavy (non-hydrogen) atoms. The Balaban J connectivity index is 1.77. The number of nitrogens with zero attached hydrogens (tertiary/aromatic N) is 1. The minimum absolute atomic E-state index is 0.124. The van der Waals surface area contributed by atoms with Gasteiger partial charge in [-0.05, 0) is 36.6 Å². The Bertz CT molecular complexity index is 467. The maximum atomic E-state index is 11.5. The zero-order chi connectivity index (χ0) is 12.5. The predicted octanol–water partition coefficient (Wildman–Crippen LogP) is 1.80. The molecule has 0 aliphatic carbocycles. The summed E-state index contributed by atoms with van der Waals surface area (Å²) in [5.41, 5.74) is 3.46. The molecule has 3 rings (SSSR count). The fraction of sp³-hybridized carbons (Fsp3) is 0.500. The smallest absolute Gasteiger partial charge is 0.223 e. The second-order valence-electron chi connectivity index (χ2n) is 4.97. The van der Waals surface area contributed by atoms with Crippen LogP contribution in [0.4, 0.5) is 11.4 Å². The fourth-order valence-electron chi connectivity index (χ4n) is 2.70. The zero-order valence-corrected chi connectivity index (χ0v) is 10.6. The second-order valence-corrected chi connectivity index (χ2v) is 4.97. The van der Waals surface area contributed by atoms with Gasteiger partial charge in [0.25, 0.3) is 0 Å². The summed E-state index contributed by atoms with van der Waals surface area (Å²) in [6, 6.07) is 6.69. The van der Waals surface area contributed by atoms with E-state index in [0.717, 1.165) is 44.0 Å². The van der Waals surface area contributed by atoms with Crippen LogP contribution >= 0.6 is 0 Å². The summed E-state index contributed by atoms with van der Waals surface area (Å²) in [7, 11) is 0. The Labute approximate surface area is 107 Å². The van der Waals surface area contributed by atoms with Crippen LogP contribution in [0, 0.1) is 0 Å². The maximum absolute atomic E-state index is 11.5. The molecule has 1 aromatic carbocycles. The van der Waals surface area contributed by atoms with Crippen molar-refractivity contribution in [3.8, 4) is 0 Å². The highest BCUT2D eigenvalue weighted by molar-refractivity contribution is 5.94. The molecule has 2 heterocycles. The minimum Gasteiger partial charge on any atom is -0.380 e. The van der Waals surface area contributed by atoms with Crippen LogP contribution in [-0.4, -0.2) is 31.7 Å². The summed E-state index contributed by atoms with van der Waals surface area (Å²) in [6.07, 6.45) is 2.02. The van der Waals surface area contributed by atoms with Gasteiger partial charge in [0.15, 0.2) is 0 Å². The molecule has 0 saturated carbocycles. The van der Waals surface area contributed by atoms with Gasteiger partial charge in [-0.1, -0.05) is 0 Å². The lowest BCUT2D eigenvalue weighted by Gasteiger charge is -2.16. The largest absolute Gasteiger partial charge is 0.380 e. The van der Waals surface area contributed by atoms with E-state index < -0.39 is 0 Å². The molecule has 0 bridgehead atoms. The summed E-state index contributed by atoms with van der Waals surface area (Å²) in [4.78, 5) is 13.3. The number of anilines is 2. The van der Waals surface area contributed by atoms with Gasteiger partial charge in [0.05, 0.1) is 12.6 Å². The monoisotopic (exact) mass is 246 g/mol. The molecule has 96 valence electrons. The molecule has 4 heteroatoms. The molecule has 0 aromatic heterocycles. The number of ether oxygens (including phenoxy) is 1. The van der Waals surface area contributed by atoms with Crippen LogP contribution in [-0.2, 0) is 16.0 Å². The third-order valence-electron chi connectivity index (χ3n) is 3.66. The molecule has 1 N–H and O–H groups in total. The van der Waals surface area contributed by atoms with E-state index in [1.807, 2.05) is 11.0 Å². The van der Waals surface area contributed by atoms with Gasteiger partial charge in [0.2, 0.25) is 5.91 Å². The lowest BCUT2D eigenvalue weighted by atomic mass is 10.1. The first-order valence-electron chi connectivity index (χ1n) is 6.49. The van der Waals surface area contributed by atoms with Crippen LogP contribution in [0.25, 0.3) is 0 Å². The SMILES string of the molecule is CC(=O)N1CCc2cc(NC3CCOC3)ccc21. The summed E-state index contributed by atoms with van der Waals surface area (Å²) in [5, 5.41) is 3.49. The Morgan fingerprint density at radius 2 is 2.39 bits per heavy atom. The van der Waals surface area contributed by atoms with Crippen molar-refractivity contribution in [2.45, 2.75) is 25.8 Å². The normalized spacial score (nSPS) is 22.1. The highest BCUT2D eigenvalue weighted by Crippen LogP contribution is 2.30. The first-order chi connectivity index (χ1) is 8.74. The standard InChI is InChI=1S/C14H18N2O2/c1-10(17)16-6-4-11-8-12(2-3-14(11)16)15-13-5-7-18-9-13/h2-3,8,13,15H,4-7,9H2,1H3. The van der Waals surface area contributed by atoms with Crippen molar-refractivity contribution in [2.24, 2.45) is 0 Å². The zero-order valence-electron chi connectivity index (χ0n) is 10.6. The number of fused-ring (bicyclic) bond motifs is 1. The molecule has 0 radical (unpaired) electrons. The lowest BCUT2D eigenvalue weighted by Crippen LogP contribution is -2.25. The molecule has 1 atom stereocenters. The van der Waals surface area contributed by atoms with Crippen molar-refractivity contribution in [1.82, 2.24) is 0 Å². The van der Waals surface area contributed by atoms with Gasteiger partial charge < -0.3 is 15.0 Å². The van der Waals surface area contributed by atoms with Crippen LogP contribution in [0.15, 0.2) is 18.2 Å². The first kappa shape index (κ1) is 11.5. The van der Waals surface area contributed by atoms with E-state index in [1.54, 1.807) is 6.92 Å². The number of hydrogen-bond acceptors (Lipinski definition) is 3. The molecule has 1 aromatic rings.